The SMILES string of the molecule is CS(=O)c1ccc(CCN2Cc3cc(C(=O)O)ncc3NC2=O)cc1. The lowest BCUT2D eigenvalue weighted by molar-refractivity contribution is 0.0690. The summed E-state index contributed by atoms with van der Waals surface area (Å²) in [6.45, 7) is 0.825. The first-order chi connectivity index (χ1) is 11.9. The van der Waals surface area contributed by atoms with Crippen LogP contribution in [0.25, 0.3) is 0 Å². The van der Waals surface area contributed by atoms with Crippen LogP contribution in [0.15, 0.2) is 41.4 Å². The van der Waals surface area contributed by atoms with E-state index in [2.05, 4.69) is 10.3 Å². The van der Waals surface area contributed by atoms with Crippen LogP contribution >= 0.6 is 0 Å². The van der Waals surface area contributed by atoms with Crippen LogP contribution in [0.4, 0.5) is 10.5 Å². The first-order valence-corrected chi connectivity index (χ1v) is 9.20. The van der Waals surface area contributed by atoms with Crippen LogP contribution in [-0.4, -0.2) is 44.0 Å². The molecule has 2 N–H and O–H groups in total. The molecule has 25 heavy (non-hydrogen) atoms. The molecule has 1 unspecified atom stereocenters. The molecule has 7 nitrogen and oxygen atoms in total. The van der Waals surface area contributed by atoms with E-state index < -0.39 is 16.8 Å². The summed E-state index contributed by atoms with van der Waals surface area (Å²) in [4.78, 5) is 29.4. The minimum Gasteiger partial charge on any atom is -0.477 e. The molecule has 1 aliphatic rings. The van der Waals surface area contributed by atoms with Crippen molar-refractivity contribution in [2.24, 2.45) is 0 Å². The largest absolute Gasteiger partial charge is 0.477 e. The normalized spacial score (nSPS) is 14.6. The monoisotopic (exact) mass is 359 g/mol. The number of hydrogen-bond donors (Lipinski definition) is 2. The van der Waals surface area contributed by atoms with Crippen molar-refractivity contribution in [2.45, 2.75) is 17.9 Å². The van der Waals surface area contributed by atoms with Gasteiger partial charge in [-0.25, -0.2) is 14.6 Å². The van der Waals surface area contributed by atoms with Gasteiger partial charge in [0.15, 0.2) is 0 Å². The highest BCUT2D eigenvalue weighted by atomic mass is 32.2. The maximum Gasteiger partial charge on any atom is 0.354 e. The second kappa shape index (κ2) is 7.02. The number of carbonyl (C=O) groups is 2. The van der Waals surface area contributed by atoms with Crippen LogP contribution in [0.2, 0.25) is 0 Å². The summed E-state index contributed by atoms with van der Waals surface area (Å²) in [7, 11) is -1.01. The average molecular weight is 359 g/mol. The molecule has 8 heteroatoms. The van der Waals surface area contributed by atoms with E-state index in [-0.39, 0.29) is 11.7 Å². The summed E-state index contributed by atoms with van der Waals surface area (Å²) in [5.74, 6) is -1.10. The van der Waals surface area contributed by atoms with Crippen molar-refractivity contribution in [3.8, 4) is 0 Å². The molecule has 0 saturated carbocycles. The molecular formula is C17H17N3O4S. The topological polar surface area (TPSA) is 99.6 Å². The van der Waals surface area contributed by atoms with Gasteiger partial charge < -0.3 is 15.3 Å². The predicted molar refractivity (Wildman–Crippen MR) is 93.1 cm³/mol. The number of aromatic nitrogens is 1. The predicted octanol–water partition coefficient (Wildman–Crippen LogP) is 2.11. The minimum atomic E-state index is -1.10. The number of nitrogens with zero attached hydrogens (tertiary/aromatic N) is 2. The Balaban J connectivity index is 1.69. The van der Waals surface area contributed by atoms with Crippen molar-refractivity contribution in [1.82, 2.24) is 9.88 Å². The van der Waals surface area contributed by atoms with Crippen molar-refractivity contribution in [3.63, 3.8) is 0 Å². The number of amides is 2. The van der Waals surface area contributed by atoms with Crippen molar-refractivity contribution in [2.75, 3.05) is 18.1 Å². The second-order valence-corrected chi connectivity index (χ2v) is 7.11. The maximum absolute atomic E-state index is 12.2. The first-order valence-electron chi connectivity index (χ1n) is 7.64. The standard InChI is InChI=1S/C17H17N3O4S/c1-25(24)13-4-2-11(3-5-13)6-7-20-10-12-8-14(16(21)22)18-9-15(12)19-17(20)23/h2-5,8-9H,6-7,10H2,1H3,(H,19,23)(H,21,22). The molecule has 1 atom stereocenters. The fraction of sp³-hybridized carbons (Fsp3) is 0.235. The number of carbonyl (C=O) groups excluding carboxylic acids is 1. The lowest BCUT2D eigenvalue weighted by Gasteiger charge is -2.29. The first kappa shape index (κ1) is 17.1. The van der Waals surface area contributed by atoms with Crippen LogP contribution in [-0.2, 0) is 23.8 Å². The maximum atomic E-state index is 12.2. The summed E-state index contributed by atoms with van der Waals surface area (Å²) in [5.41, 5.74) is 2.26. The Bertz CT molecular complexity index is 851. The molecule has 0 spiro atoms. The zero-order chi connectivity index (χ0) is 18.0. The number of pyridine rings is 1. The van der Waals surface area contributed by atoms with E-state index in [0.717, 1.165) is 16.0 Å². The molecule has 0 bridgehead atoms. The van der Waals surface area contributed by atoms with Gasteiger partial charge in [-0.3, -0.25) is 4.21 Å². The third-order valence-corrected chi connectivity index (χ3v) is 4.96. The van der Waals surface area contributed by atoms with E-state index in [9.17, 15) is 13.8 Å². The smallest absolute Gasteiger partial charge is 0.354 e. The Kier molecular flexibility index (Phi) is 4.80. The minimum absolute atomic E-state index is 0.0435. The number of benzene rings is 1. The quantitative estimate of drug-likeness (QED) is 0.852. The summed E-state index contributed by atoms with van der Waals surface area (Å²) in [5, 5.41) is 11.8. The molecule has 0 aliphatic carbocycles. The van der Waals surface area contributed by atoms with Crippen molar-refractivity contribution < 1.29 is 18.9 Å². The van der Waals surface area contributed by atoms with Gasteiger partial charge in [-0.15, -0.1) is 0 Å². The van der Waals surface area contributed by atoms with Gasteiger partial charge in [0.1, 0.15) is 5.69 Å². The number of aromatic carboxylic acids is 1. The van der Waals surface area contributed by atoms with Crippen molar-refractivity contribution in [3.05, 3.63) is 53.3 Å². The molecule has 0 radical (unpaired) electrons. The Morgan fingerprint density at radius 1 is 1.36 bits per heavy atom. The molecule has 1 aromatic carbocycles. The van der Waals surface area contributed by atoms with Gasteiger partial charge in [-0.2, -0.15) is 0 Å². The third-order valence-electron chi connectivity index (χ3n) is 4.02. The number of anilines is 1. The van der Waals surface area contributed by atoms with Crippen LogP contribution in [0.5, 0.6) is 0 Å². The van der Waals surface area contributed by atoms with E-state index in [4.69, 9.17) is 5.11 Å². The van der Waals surface area contributed by atoms with Crippen LogP contribution in [0.3, 0.4) is 0 Å². The summed E-state index contributed by atoms with van der Waals surface area (Å²) >= 11 is 0. The van der Waals surface area contributed by atoms with Gasteiger partial charge >= 0.3 is 12.0 Å². The number of carboxylic acids is 1. The molecular weight excluding hydrogens is 342 g/mol. The molecule has 2 amide bonds. The number of fused-ring (bicyclic) bond motifs is 1. The van der Waals surface area contributed by atoms with Crippen LogP contribution in [0, 0.1) is 0 Å². The van der Waals surface area contributed by atoms with E-state index in [1.165, 1.54) is 12.3 Å². The highest BCUT2D eigenvalue weighted by Crippen LogP contribution is 2.23. The van der Waals surface area contributed by atoms with Gasteiger partial charge in [0.2, 0.25) is 0 Å². The Morgan fingerprint density at radius 3 is 2.72 bits per heavy atom. The molecule has 2 heterocycles. The van der Waals surface area contributed by atoms with E-state index in [1.54, 1.807) is 11.2 Å². The van der Waals surface area contributed by atoms with Gasteiger partial charge in [0.25, 0.3) is 0 Å². The van der Waals surface area contributed by atoms with Gasteiger partial charge in [0.05, 0.1) is 11.9 Å². The van der Waals surface area contributed by atoms with Gasteiger partial charge in [-0.1, -0.05) is 12.1 Å². The second-order valence-electron chi connectivity index (χ2n) is 5.73. The fourth-order valence-electron chi connectivity index (χ4n) is 2.62. The number of urea groups is 1. The highest BCUT2D eigenvalue weighted by Gasteiger charge is 2.23. The fourth-order valence-corrected chi connectivity index (χ4v) is 3.14. The third kappa shape index (κ3) is 3.85. The lowest BCUT2D eigenvalue weighted by atomic mass is 10.1. The highest BCUT2D eigenvalue weighted by molar-refractivity contribution is 7.84. The number of nitrogens with one attached hydrogen (secondary N) is 1. The molecule has 0 fully saturated rings. The molecule has 3 rings (SSSR count). The number of carboxylic acid groups (broad SMARTS) is 1. The Labute approximate surface area is 147 Å². The van der Waals surface area contributed by atoms with E-state index in [0.29, 0.717) is 25.2 Å². The Morgan fingerprint density at radius 2 is 2.08 bits per heavy atom. The van der Waals surface area contributed by atoms with Gasteiger partial charge in [0, 0.05) is 35.0 Å². The Hall–Kier alpha value is -2.74. The average Bonchev–Trinajstić information content (AvgIpc) is 2.59. The summed E-state index contributed by atoms with van der Waals surface area (Å²) in [6.07, 6.45) is 3.65. The summed E-state index contributed by atoms with van der Waals surface area (Å²) in [6, 6.07) is 8.69. The van der Waals surface area contributed by atoms with Crippen molar-refractivity contribution >= 4 is 28.5 Å². The van der Waals surface area contributed by atoms with E-state index >= 15 is 0 Å². The number of rotatable bonds is 5. The zero-order valence-corrected chi connectivity index (χ0v) is 14.4. The molecule has 0 saturated heterocycles. The molecule has 130 valence electrons. The van der Waals surface area contributed by atoms with E-state index in [1.807, 2.05) is 24.3 Å². The van der Waals surface area contributed by atoms with Crippen LogP contribution in [0.1, 0.15) is 21.6 Å². The zero-order valence-electron chi connectivity index (χ0n) is 13.6. The number of hydrogen-bond acceptors (Lipinski definition) is 4. The van der Waals surface area contributed by atoms with Gasteiger partial charge in [-0.05, 0) is 35.7 Å². The summed E-state index contributed by atoms with van der Waals surface area (Å²) < 4.78 is 11.4. The molecule has 1 aromatic heterocycles. The van der Waals surface area contributed by atoms with Crippen molar-refractivity contribution in [1.29, 1.82) is 0 Å². The molecule has 2 aromatic rings. The molecule has 1 aliphatic heterocycles. The lowest BCUT2D eigenvalue weighted by Crippen LogP contribution is -2.40. The van der Waals surface area contributed by atoms with Crippen LogP contribution < -0.4 is 5.32 Å².